The van der Waals surface area contributed by atoms with Crippen molar-refractivity contribution in [3.8, 4) is 0 Å². The second-order valence-electron chi connectivity index (χ2n) is 4.02. The number of aryl methyl sites for hydroxylation is 1. The van der Waals surface area contributed by atoms with Crippen molar-refractivity contribution in [3.05, 3.63) is 35.4 Å². The maximum absolute atomic E-state index is 12.1. The number of hydrogen-bond acceptors (Lipinski definition) is 1. The van der Waals surface area contributed by atoms with Crippen LogP contribution in [-0.2, 0) is 17.6 Å². The summed E-state index contributed by atoms with van der Waals surface area (Å²) in [7, 11) is 0. The SMILES string of the molecule is O=C(NC1CCc2ccccc2C1)C(F)F. The van der Waals surface area contributed by atoms with Crippen molar-refractivity contribution in [1.29, 1.82) is 0 Å². The first-order chi connectivity index (χ1) is 7.66. The summed E-state index contributed by atoms with van der Waals surface area (Å²) in [4.78, 5) is 10.9. The molecule has 1 atom stereocenters. The van der Waals surface area contributed by atoms with Crippen LogP contribution >= 0.6 is 0 Å². The monoisotopic (exact) mass is 225 g/mol. The fourth-order valence-corrected chi connectivity index (χ4v) is 2.09. The van der Waals surface area contributed by atoms with Gasteiger partial charge in [-0.3, -0.25) is 4.79 Å². The van der Waals surface area contributed by atoms with Gasteiger partial charge in [0.05, 0.1) is 0 Å². The summed E-state index contributed by atoms with van der Waals surface area (Å²) in [6.45, 7) is 0. The Balaban J connectivity index is 2.00. The summed E-state index contributed by atoms with van der Waals surface area (Å²) in [5.41, 5.74) is 2.40. The first-order valence-corrected chi connectivity index (χ1v) is 5.32. The molecule has 0 spiro atoms. The van der Waals surface area contributed by atoms with Crippen molar-refractivity contribution in [2.75, 3.05) is 0 Å². The van der Waals surface area contributed by atoms with Gasteiger partial charge in [-0.25, -0.2) is 0 Å². The fraction of sp³-hybridized carbons (Fsp3) is 0.417. The molecule has 0 aliphatic heterocycles. The van der Waals surface area contributed by atoms with Crippen LogP contribution in [0.25, 0.3) is 0 Å². The van der Waals surface area contributed by atoms with E-state index in [1.807, 2.05) is 24.3 Å². The molecule has 0 heterocycles. The Kier molecular flexibility index (Phi) is 3.17. The number of fused-ring (bicyclic) bond motifs is 1. The highest BCUT2D eigenvalue weighted by Crippen LogP contribution is 2.21. The molecule has 0 bridgehead atoms. The van der Waals surface area contributed by atoms with Gasteiger partial charge >= 0.3 is 6.43 Å². The van der Waals surface area contributed by atoms with E-state index in [9.17, 15) is 13.6 Å². The van der Waals surface area contributed by atoms with Crippen LogP contribution in [-0.4, -0.2) is 18.4 Å². The maximum atomic E-state index is 12.1. The summed E-state index contributed by atoms with van der Waals surface area (Å²) >= 11 is 0. The average molecular weight is 225 g/mol. The largest absolute Gasteiger partial charge is 0.348 e. The van der Waals surface area contributed by atoms with Gasteiger partial charge < -0.3 is 5.32 Å². The molecule has 1 aliphatic rings. The van der Waals surface area contributed by atoms with Crippen LogP contribution in [0, 0.1) is 0 Å². The molecule has 1 unspecified atom stereocenters. The predicted molar refractivity (Wildman–Crippen MR) is 56.4 cm³/mol. The number of carbonyl (C=O) groups excluding carboxylic acids is 1. The Labute approximate surface area is 92.7 Å². The van der Waals surface area contributed by atoms with Gasteiger partial charge in [0.25, 0.3) is 5.91 Å². The molecule has 86 valence electrons. The molecule has 16 heavy (non-hydrogen) atoms. The van der Waals surface area contributed by atoms with Crippen molar-refractivity contribution in [1.82, 2.24) is 5.32 Å². The lowest BCUT2D eigenvalue weighted by Gasteiger charge is -2.25. The molecule has 0 saturated carbocycles. The van der Waals surface area contributed by atoms with Crippen molar-refractivity contribution in [3.63, 3.8) is 0 Å². The van der Waals surface area contributed by atoms with E-state index in [1.165, 1.54) is 5.56 Å². The van der Waals surface area contributed by atoms with Gasteiger partial charge in [-0.15, -0.1) is 0 Å². The molecule has 1 aliphatic carbocycles. The summed E-state index contributed by atoms with van der Waals surface area (Å²) in [5.74, 6) is -1.16. The Bertz CT molecular complexity index is 392. The van der Waals surface area contributed by atoms with Gasteiger partial charge in [-0.2, -0.15) is 8.78 Å². The standard InChI is InChI=1S/C12H13F2NO/c13-11(14)12(16)15-10-6-5-8-3-1-2-4-9(8)7-10/h1-4,10-11H,5-7H2,(H,15,16). The molecule has 1 N–H and O–H groups in total. The molecule has 0 fully saturated rings. The van der Waals surface area contributed by atoms with E-state index in [2.05, 4.69) is 5.32 Å². The zero-order valence-corrected chi connectivity index (χ0v) is 8.75. The van der Waals surface area contributed by atoms with Crippen molar-refractivity contribution >= 4 is 5.91 Å². The zero-order valence-electron chi connectivity index (χ0n) is 8.75. The van der Waals surface area contributed by atoms with Crippen LogP contribution in [0.15, 0.2) is 24.3 Å². The highest BCUT2D eigenvalue weighted by atomic mass is 19.3. The normalized spacial score (nSPS) is 19.3. The summed E-state index contributed by atoms with van der Waals surface area (Å²) in [6, 6.07) is 7.76. The van der Waals surface area contributed by atoms with Crippen molar-refractivity contribution in [2.45, 2.75) is 31.7 Å². The number of hydrogen-bond donors (Lipinski definition) is 1. The minimum atomic E-state index is -2.92. The molecule has 0 aromatic heterocycles. The Morgan fingerprint density at radius 1 is 1.31 bits per heavy atom. The van der Waals surface area contributed by atoms with E-state index in [0.717, 1.165) is 18.4 Å². The van der Waals surface area contributed by atoms with E-state index < -0.39 is 12.3 Å². The first kappa shape index (κ1) is 11.0. The molecule has 2 nitrogen and oxygen atoms in total. The molecule has 1 amide bonds. The van der Waals surface area contributed by atoms with E-state index in [-0.39, 0.29) is 6.04 Å². The third-order valence-electron chi connectivity index (χ3n) is 2.89. The third kappa shape index (κ3) is 2.38. The number of nitrogens with one attached hydrogen (secondary N) is 1. The third-order valence-corrected chi connectivity index (χ3v) is 2.89. The van der Waals surface area contributed by atoms with Crippen LogP contribution in [0.5, 0.6) is 0 Å². The molecular weight excluding hydrogens is 212 g/mol. The number of rotatable bonds is 2. The summed E-state index contributed by atoms with van der Waals surface area (Å²) < 4.78 is 24.1. The lowest BCUT2D eigenvalue weighted by molar-refractivity contribution is -0.132. The van der Waals surface area contributed by atoms with Crippen molar-refractivity contribution in [2.24, 2.45) is 0 Å². The second-order valence-corrected chi connectivity index (χ2v) is 4.02. The fourth-order valence-electron chi connectivity index (χ4n) is 2.09. The van der Waals surface area contributed by atoms with E-state index in [1.54, 1.807) is 0 Å². The van der Waals surface area contributed by atoms with Crippen LogP contribution in [0.1, 0.15) is 17.5 Å². The number of benzene rings is 1. The van der Waals surface area contributed by atoms with E-state index >= 15 is 0 Å². The minimum Gasteiger partial charge on any atom is -0.348 e. The number of amides is 1. The Hall–Kier alpha value is -1.45. The summed E-state index contributed by atoms with van der Waals surface area (Å²) in [5, 5.41) is 2.37. The maximum Gasteiger partial charge on any atom is 0.315 e. The van der Waals surface area contributed by atoms with Crippen LogP contribution < -0.4 is 5.32 Å². The Morgan fingerprint density at radius 3 is 2.69 bits per heavy atom. The van der Waals surface area contributed by atoms with Gasteiger partial charge in [0.15, 0.2) is 0 Å². The number of carbonyl (C=O) groups is 1. The molecule has 0 radical (unpaired) electrons. The summed E-state index contributed by atoms with van der Waals surface area (Å²) in [6.07, 6.45) is -0.703. The van der Waals surface area contributed by atoms with Crippen LogP contribution in [0.4, 0.5) is 8.78 Å². The quantitative estimate of drug-likeness (QED) is 0.818. The highest BCUT2D eigenvalue weighted by Gasteiger charge is 2.23. The molecule has 1 aromatic rings. The van der Waals surface area contributed by atoms with Gasteiger partial charge in [0, 0.05) is 6.04 Å². The highest BCUT2D eigenvalue weighted by molar-refractivity contribution is 5.79. The lowest BCUT2D eigenvalue weighted by Crippen LogP contribution is -2.41. The zero-order chi connectivity index (χ0) is 11.5. The molecule has 4 heteroatoms. The lowest BCUT2D eigenvalue weighted by atomic mass is 9.88. The topological polar surface area (TPSA) is 29.1 Å². The predicted octanol–water partition coefficient (Wildman–Crippen LogP) is 1.93. The number of halogens is 2. The van der Waals surface area contributed by atoms with E-state index in [0.29, 0.717) is 6.42 Å². The first-order valence-electron chi connectivity index (χ1n) is 5.32. The molecule has 0 saturated heterocycles. The molecule has 2 rings (SSSR count). The second kappa shape index (κ2) is 4.60. The van der Waals surface area contributed by atoms with Gasteiger partial charge in [0.1, 0.15) is 0 Å². The Morgan fingerprint density at radius 2 is 2.00 bits per heavy atom. The van der Waals surface area contributed by atoms with Gasteiger partial charge in [-0.05, 0) is 30.4 Å². The molecular formula is C12H13F2NO. The minimum absolute atomic E-state index is 0.156. The van der Waals surface area contributed by atoms with Crippen LogP contribution in [0.2, 0.25) is 0 Å². The van der Waals surface area contributed by atoms with Crippen LogP contribution in [0.3, 0.4) is 0 Å². The van der Waals surface area contributed by atoms with Crippen molar-refractivity contribution < 1.29 is 13.6 Å². The average Bonchev–Trinajstić information content (AvgIpc) is 2.28. The van der Waals surface area contributed by atoms with E-state index in [4.69, 9.17) is 0 Å². The number of alkyl halides is 2. The van der Waals surface area contributed by atoms with Gasteiger partial charge in [0.2, 0.25) is 0 Å². The smallest absolute Gasteiger partial charge is 0.315 e. The van der Waals surface area contributed by atoms with Gasteiger partial charge in [-0.1, -0.05) is 24.3 Å². The molecule has 1 aromatic carbocycles.